The fourth-order valence-corrected chi connectivity index (χ4v) is 3.93. The highest BCUT2D eigenvalue weighted by molar-refractivity contribution is 14.1. The lowest BCUT2D eigenvalue weighted by Crippen LogP contribution is -1.86. The van der Waals surface area contributed by atoms with Crippen LogP contribution in [0.1, 0.15) is 0 Å². The Morgan fingerprint density at radius 2 is 1.57 bits per heavy atom. The molecule has 0 aliphatic heterocycles. The van der Waals surface area contributed by atoms with Crippen molar-refractivity contribution in [3.63, 3.8) is 0 Å². The Labute approximate surface area is 144 Å². The van der Waals surface area contributed by atoms with Crippen LogP contribution in [0.3, 0.4) is 0 Å². The van der Waals surface area contributed by atoms with Gasteiger partial charge >= 0.3 is 0 Å². The largest absolute Gasteiger partial charge is 0.354 e. The molecule has 1 nitrogen and oxygen atoms in total. The molecule has 21 heavy (non-hydrogen) atoms. The minimum atomic E-state index is 1.15. The molecule has 0 saturated heterocycles. The molecule has 3 heteroatoms. The van der Waals surface area contributed by atoms with E-state index in [1.165, 1.54) is 36.5 Å². The van der Waals surface area contributed by atoms with Gasteiger partial charge in [0.05, 0.1) is 5.52 Å². The highest BCUT2D eigenvalue weighted by Crippen LogP contribution is 2.40. The smallest absolute Gasteiger partial charge is 0.0556 e. The van der Waals surface area contributed by atoms with Gasteiger partial charge in [0.25, 0.3) is 0 Å². The first kappa shape index (κ1) is 13.3. The normalized spacial score (nSPS) is 11.3. The summed E-state index contributed by atoms with van der Waals surface area (Å²) in [6.07, 6.45) is 0. The molecule has 1 aromatic heterocycles. The number of halogens is 2. The first-order chi connectivity index (χ1) is 10.3. The summed E-state index contributed by atoms with van der Waals surface area (Å²) in [6, 6.07) is 21.2. The zero-order chi connectivity index (χ0) is 14.4. The van der Waals surface area contributed by atoms with E-state index >= 15 is 0 Å². The summed E-state index contributed by atoms with van der Waals surface area (Å²) < 4.78 is 2.37. The first-order valence-corrected chi connectivity index (χ1v) is 8.57. The monoisotopic (exact) mass is 447 g/mol. The third kappa shape index (κ3) is 2.10. The van der Waals surface area contributed by atoms with E-state index in [9.17, 15) is 0 Å². The van der Waals surface area contributed by atoms with Crippen LogP contribution in [0.25, 0.3) is 32.9 Å². The summed E-state index contributed by atoms with van der Waals surface area (Å²) in [6.45, 7) is 0. The molecule has 4 rings (SSSR count). The fourth-order valence-electron chi connectivity index (χ4n) is 2.81. The Kier molecular flexibility index (Phi) is 3.27. The Morgan fingerprint density at radius 1 is 0.857 bits per heavy atom. The molecule has 0 saturated carbocycles. The number of fused-ring (bicyclic) bond motifs is 3. The van der Waals surface area contributed by atoms with Crippen LogP contribution in [0.4, 0.5) is 0 Å². The number of benzene rings is 3. The number of aromatic nitrogens is 1. The van der Waals surface area contributed by atoms with Gasteiger partial charge in [0, 0.05) is 29.9 Å². The molecule has 0 bridgehead atoms. The molecule has 0 radical (unpaired) electrons. The van der Waals surface area contributed by atoms with E-state index < -0.39 is 0 Å². The average molecular weight is 448 g/mol. The lowest BCUT2D eigenvalue weighted by molar-refractivity contribution is 1.51. The van der Waals surface area contributed by atoms with Crippen molar-refractivity contribution in [1.29, 1.82) is 0 Å². The molecular formula is C18H11BrIN. The van der Waals surface area contributed by atoms with Crippen LogP contribution < -0.4 is 0 Å². The second-order valence-electron chi connectivity index (χ2n) is 5.01. The van der Waals surface area contributed by atoms with Crippen molar-refractivity contribution < 1.29 is 0 Å². The number of nitrogens with one attached hydrogen (secondary N) is 1. The van der Waals surface area contributed by atoms with Crippen molar-refractivity contribution in [2.75, 3.05) is 0 Å². The lowest BCUT2D eigenvalue weighted by Gasteiger charge is -2.09. The van der Waals surface area contributed by atoms with E-state index in [2.05, 4.69) is 98.1 Å². The van der Waals surface area contributed by atoms with E-state index in [1.54, 1.807) is 0 Å². The fraction of sp³-hybridized carbons (Fsp3) is 0. The molecule has 102 valence electrons. The van der Waals surface area contributed by atoms with Crippen LogP contribution in [-0.4, -0.2) is 4.98 Å². The van der Waals surface area contributed by atoms with Crippen LogP contribution in [0.5, 0.6) is 0 Å². The maximum Gasteiger partial charge on any atom is 0.0556 e. The lowest BCUT2D eigenvalue weighted by atomic mass is 10.0. The molecule has 0 aliphatic carbocycles. The number of H-pyrrole nitrogens is 1. The number of para-hydroxylation sites is 1. The predicted molar refractivity (Wildman–Crippen MR) is 102 cm³/mol. The van der Waals surface area contributed by atoms with E-state index in [0.29, 0.717) is 0 Å². The molecule has 4 aromatic rings. The van der Waals surface area contributed by atoms with Crippen molar-refractivity contribution in [3.8, 4) is 11.1 Å². The van der Waals surface area contributed by atoms with Crippen molar-refractivity contribution in [1.82, 2.24) is 4.98 Å². The minimum Gasteiger partial charge on any atom is -0.354 e. The van der Waals surface area contributed by atoms with Crippen molar-refractivity contribution in [2.45, 2.75) is 0 Å². The molecule has 3 aromatic carbocycles. The van der Waals surface area contributed by atoms with Gasteiger partial charge in [-0.1, -0.05) is 48.5 Å². The van der Waals surface area contributed by atoms with Gasteiger partial charge in [-0.2, -0.15) is 0 Å². The van der Waals surface area contributed by atoms with E-state index in [0.717, 1.165) is 4.47 Å². The van der Waals surface area contributed by atoms with E-state index in [1.807, 2.05) is 6.07 Å². The van der Waals surface area contributed by atoms with Gasteiger partial charge in [0.2, 0.25) is 0 Å². The highest BCUT2D eigenvalue weighted by Gasteiger charge is 2.15. The molecule has 0 aliphatic rings. The Bertz CT molecular complexity index is 957. The van der Waals surface area contributed by atoms with E-state index in [4.69, 9.17) is 0 Å². The maximum atomic E-state index is 3.77. The number of rotatable bonds is 1. The minimum absolute atomic E-state index is 1.15. The number of hydrogen-bond donors (Lipinski definition) is 1. The zero-order valence-electron chi connectivity index (χ0n) is 11.0. The summed E-state index contributed by atoms with van der Waals surface area (Å²) in [4.78, 5) is 3.58. The number of hydrogen-bond acceptors (Lipinski definition) is 0. The summed E-state index contributed by atoms with van der Waals surface area (Å²) in [5.41, 5.74) is 4.82. The quantitative estimate of drug-likeness (QED) is 0.327. The van der Waals surface area contributed by atoms with Crippen LogP contribution in [0, 0.1) is 3.57 Å². The molecule has 1 N–H and O–H groups in total. The third-order valence-corrected chi connectivity index (χ3v) is 6.17. The van der Waals surface area contributed by atoms with Gasteiger partial charge < -0.3 is 4.98 Å². The predicted octanol–water partition coefficient (Wildman–Crippen LogP) is 6.36. The summed E-state index contributed by atoms with van der Waals surface area (Å²) in [5.74, 6) is 0. The third-order valence-electron chi connectivity index (χ3n) is 3.76. The zero-order valence-corrected chi connectivity index (χ0v) is 14.8. The second-order valence-corrected chi connectivity index (χ2v) is 6.96. The van der Waals surface area contributed by atoms with Gasteiger partial charge in [0.1, 0.15) is 0 Å². The highest BCUT2D eigenvalue weighted by atomic mass is 127. The Morgan fingerprint density at radius 3 is 2.38 bits per heavy atom. The molecule has 0 spiro atoms. The Hall–Kier alpha value is -1.33. The first-order valence-electron chi connectivity index (χ1n) is 6.69. The SMILES string of the molecule is Brc1c(I)cc2c([nH]c3ccccc32)c1-c1ccccc1. The standard InChI is InChI=1S/C18H11BrIN/c19-17-14(20)10-13-12-8-4-5-9-15(12)21-18(13)16(17)11-6-2-1-3-7-11/h1-10,21H. The molecule has 0 unspecified atom stereocenters. The topological polar surface area (TPSA) is 15.8 Å². The molecular weight excluding hydrogens is 437 g/mol. The van der Waals surface area contributed by atoms with Crippen molar-refractivity contribution in [3.05, 3.63) is 68.7 Å². The van der Waals surface area contributed by atoms with Crippen molar-refractivity contribution in [2.24, 2.45) is 0 Å². The molecule has 0 atom stereocenters. The summed E-state index contributed by atoms with van der Waals surface area (Å²) >= 11 is 6.16. The molecule has 1 heterocycles. The van der Waals surface area contributed by atoms with Gasteiger partial charge in [0.15, 0.2) is 0 Å². The van der Waals surface area contributed by atoms with Crippen LogP contribution in [0.2, 0.25) is 0 Å². The molecule has 0 fully saturated rings. The Balaban J connectivity index is 2.21. The van der Waals surface area contributed by atoms with Crippen LogP contribution >= 0.6 is 38.5 Å². The van der Waals surface area contributed by atoms with Gasteiger partial charge in [-0.3, -0.25) is 0 Å². The van der Waals surface area contributed by atoms with Gasteiger partial charge in [-0.05, 0) is 56.2 Å². The van der Waals surface area contributed by atoms with Crippen LogP contribution in [0.15, 0.2) is 65.1 Å². The second kappa shape index (κ2) is 5.14. The number of aromatic amines is 1. The van der Waals surface area contributed by atoms with Crippen molar-refractivity contribution >= 4 is 60.3 Å². The summed E-state index contributed by atoms with van der Waals surface area (Å²) in [5, 5.41) is 2.55. The molecule has 0 amide bonds. The van der Waals surface area contributed by atoms with Crippen LogP contribution in [-0.2, 0) is 0 Å². The van der Waals surface area contributed by atoms with E-state index in [-0.39, 0.29) is 0 Å². The maximum absolute atomic E-state index is 3.77. The summed E-state index contributed by atoms with van der Waals surface area (Å²) in [7, 11) is 0. The average Bonchev–Trinajstić information content (AvgIpc) is 2.87. The van der Waals surface area contributed by atoms with Gasteiger partial charge in [-0.25, -0.2) is 0 Å². The van der Waals surface area contributed by atoms with Gasteiger partial charge in [-0.15, -0.1) is 0 Å².